The maximum Gasteiger partial charge on any atom is 0.337 e. The van der Waals surface area contributed by atoms with E-state index in [0.717, 1.165) is 30.6 Å². The van der Waals surface area contributed by atoms with Gasteiger partial charge in [0.15, 0.2) is 0 Å². The smallest absolute Gasteiger partial charge is 0.337 e. The number of nitrogens with zero attached hydrogens (tertiary/aromatic N) is 2. The third-order valence-electron chi connectivity index (χ3n) is 3.99. The van der Waals surface area contributed by atoms with E-state index in [1.165, 1.54) is 6.20 Å². The molecule has 0 bridgehead atoms. The Hall–Kier alpha value is -2.27. The molecule has 1 heterocycles. The summed E-state index contributed by atoms with van der Waals surface area (Å²) >= 11 is 6.38. The predicted molar refractivity (Wildman–Crippen MR) is 99.2 cm³/mol. The number of carbonyl (C=O) groups is 1. The molecule has 0 unspecified atom stereocenters. The summed E-state index contributed by atoms with van der Waals surface area (Å²) in [5.41, 5.74) is 1.34. The molecular weight excluding hydrogens is 340 g/mol. The number of carboxylic acids is 1. The van der Waals surface area contributed by atoms with Crippen molar-refractivity contribution in [2.75, 3.05) is 6.61 Å². The van der Waals surface area contributed by atoms with Crippen molar-refractivity contribution in [3.8, 4) is 5.75 Å². The predicted octanol–water partition coefficient (Wildman–Crippen LogP) is 4.56. The molecule has 1 aromatic carbocycles. The van der Waals surface area contributed by atoms with Gasteiger partial charge in [0, 0.05) is 5.02 Å². The maximum absolute atomic E-state index is 11.2. The van der Waals surface area contributed by atoms with Crippen LogP contribution in [0.1, 0.15) is 43.3 Å². The number of hydrogen-bond donors (Lipinski definition) is 1. The summed E-state index contributed by atoms with van der Waals surface area (Å²) in [4.78, 5) is 15.4. The van der Waals surface area contributed by atoms with Gasteiger partial charge in [0.1, 0.15) is 11.6 Å². The summed E-state index contributed by atoms with van der Waals surface area (Å²) in [5, 5.41) is 9.74. The van der Waals surface area contributed by atoms with E-state index in [4.69, 9.17) is 21.4 Å². The van der Waals surface area contributed by atoms with E-state index in [9.17, 15) is 4.79 Å². The molecule has 0 fully saturated rings. The number of hydrogen-bond acceptors (Lipinski definition) is 3. The summed E-state index contributed by atoms with van der Waals surface area (Å²) in [7, 11) is 0. The molecule has 0 spiro atoms. The number of benzene rings is 1. The molecule has 0 atom stereocenters. The van der Waals surface area contributed by atoms with Crippen LogP contribution < -0.4 is 4.74 Å². The Balaban J connectivity index is 2.15. The lowest BCUT2D eigenvalue weighted by atomic mass is 10.2. The van der Waals surface area contributed by atoms with Gasteiger partial charge in [0.25, 0.3) is 0 Å². The quantitative estimate of drug-likeness (QED) is 0.524. The monoisotopic (exact) mass is 362 g/mol. The third-order valence-corrected chi connectivity index (χ3v) is 4.34. The number of carboxylic acid groups (broad SMARTS) is 1. The van der Waals surface area contributed by atoms with Gasteiger partial charge < -0.3 is 14.4 Å². The van der Waals surface area contributed by atoms with E-state index in [1.807, 2.05) is 19.1 Å². The summed E-state index contributed by atoms with van der Waals surface area (Å²) < 4.78 is 7.49. The zero-order valence-corrected chi connectivity index (χ0v) is 15.3. The fraction of sp³-hybridized carbons (Fsp3) is 0.368. The van der Waals surface area contributed by atoms with Crippen LogP contribution in [-0.2, 0) is 11.3 Å². The fourth-order valence-electron chi connectivity index (χ4n) is 2.48. The van der Waals surface area contributed by atoms with Crippen LogP contribution in [0.5, 0.6) is 5.75 Å². The van der Waals surface area contributed by atoms with Gasteiger partial charge in [-0.05, 0) is 31.0 Å². The number of aryl methyl sites for hydroxylation is 1. The first kappa shape index (κ1) is 19.1. The minimum atomic E-state index is -1.07. The standard InChI is InChI=1S/C19H23ClN2O3/c1-4-5-6-9-25-16-8-7-15(17(20)10-16)12-22-14(3)21-11-18(22)13(2)19(23)24/h7-8,10-11H,2,4-6,9,12H2,1,3H3,(H,23,24). The largest absolute Gasteiger partial charge is 0.494 e. The second kappa shape index (κ2) is 8.72. The van der Waals surface area contributed by atoms with E-state index in [1.54, 1.807) is 10.6 Å². The van der Waals surface area contributed by atoms with Crippen LogP contribution in [0, 0.1) is 6.92 Å². The Kier molecular flexibility index (Phi) is 6.65. The van der Waals surface area contributed by atoms with E-state index in [2.05, 4.69) is 18.5 Å². The number of aliphatic carboxylic acids is 1. The molecule has 0 aliphatic rings. The van der Waals surface area contributed by atoms with Crippen molar-refractivity contribution < 1.29 is 14.6 Å². The molecule has 0 saturated carbocycles. The summed E-state index contributed by atoms with van der Waals surface area (Å²) in [6, 6.07) is 5.57. The fourth-order valence-corrected chi connectivity index (χ4v) is 2.71. The molecule has 0 amide bonds. The Morgan fingerprint density at radius 2 is 2.16 bits per heavy atom. The molecule has 2 aromatic rings. The highest BCUT2D eigenvalue weighted by molar-refractivity contribution is 6.31. The normalized spacial score (nSPS) is 10.7. The van der Waals surface area contributed by atoms with E-state index < -0.39 is 5.97 Å². The van der Waals surface area contributed by atoms with Crippen molar-refractivity contribution in [3.63, 3.8) is 0 Å². The van der Waals surface area contributed by atoms with Crippen molar-refractivity contribution in [1.29, 1.82) is 0 Å². The number of halogens is 1. The van der Waals surface area contributed by atoms with Gasteiger partial charge in [0.05, 0.1) is 30.6 Å². The van der Waals surface area contributed by atoms with Gasteiger partial charge in [-0.3, -0.25) is 0 Å². The van der Waals surface area contributed by atoms with Crippen LogP contribution in [0.15, 0.2) is 31.0 Å². The van der Waals surface area contributed by atoms with Crippen molar-refractivity contribution >= 4 is 23.1 Å². The van der Waals surface area contributed by atoms with Crippen LogP contribution in [0.3, 0.4) is 0 Å². The molecule has 0 aliphatic carbocycles. The molecule has 0 aliphatic heterocycles. The lowest BCUT2D eigenvalue weighted by Gasteiger charge is -2.13. The van der Waals surface area contributed by atoms with E-state index in [-0.39, 0.29) is 5.57 Å². The lowest BCUT2D eigenvalue weighted by molar-refractivity contribution is -0.130. The van der Waals surface area contributed by atoms with Crippen LogP contribution >= 0.6 is 11.6 Å². The Labute approximate surface area is 152 Å². The Morgan fingerprint density at radius 1 is 1.40 bits per heavy atom. The minimum Gasteiger partial charge on any atom is -0.494 e. The van der Waals surface area contributed by atoms with Crippen molar-refractivity contribution in [3.05, 3.63) is 53.1 Å². The van der Waals surface area contributed by atoms with Gasteiger partial charge in [0.2, 0.25) is 0 Å². The number of unbranched alkanes of at least 4 members (excludes halogenated alkanes) is 2. The number of aromatic nitrogens is 2. The maximum atomic E-state index is 11.2. The summed E-state index contributed by atoms with van der Waals surface area (Å²) in [5.74, 6) is 0.374. The van der Waals surface area contributed by atoms with Gasteiger partial charge in [-0.25, -0.2) is 9.78 Å². The van der Waals surface area contributed by atoms with Gasteiger partial charge in [-0.2, -0.15) is 0 Å². The van der Waals surface area contributed by atoms with Crippen LogP contribution in [0.4, 0.5) is 0 Å². The first-order valence-electron chi connectivity index (χ1n) is 8.30. The van der Waals surface area contributed by atoms with Crippen LogP contribution in [0.2, 0.25) is 5.02 Å². The second-order valence-electron chi connectivity index (χ2n) is 5.87. The zero-order valence-electron chi connectivity index (χ0n) is 14.6. The molecule has 0 radical (unpaired) electrons. The molecular formula is C19H23ClN2O3. The lowest BCUT2D eigenvalue weighted by Crippen LogP contribution is -2.10. The molecule has 2 rings (SSSR count). The van der Waals surface area contributed by atoms with E-state index in [0.29, 0.717) is 29.7 Å². The van der Waals surface area contributed by atoms with Crippen molar-refractivity contribution in [2.45, 2.75) is 39.7 Å². The minimum absolute atomic E-state index is 0.00704. The van der Waals surface area contributed by atoms with Crippen LogP contribution in [-0.4, -0.2) is 27.2 Å². The SMILES string of the molecule is C=C(C(=O)O)c1cnc(C)n1Cc1ccc(OCCCCC)cc1Cl. The molecule has 6 heteroatoms. The zero-order chi connectivity index (χ0) is 18.4. The van der Waals surface area contributed by atoms with Crippen molar-refractivity contribution in [1.82, 2.24) is 9.55 Å². The van der Waals surface area contributed by atoms with Crippen LogP contribution in [0.25, 0.3) is 5.57 Å². The average molecular weight is 363 g/mol. The molecule has 25 heavy (non-hydrogen) atoms. The highest BCUT2D eigenvalue weighted by Gasteiger charge is 2.16. The van der Waals surface area contributed by atoms with E-state index >= 15 is 0 Å². The molecule has 5 nitrogen and oxygen atoms in total. The highest BCUT2D eigenvalue weighted by atomic mass is 35.5. The van der Waals surface area contributed by atoms with Gasteiger partial charge in [-0.1, -0.05) is 44.0 Å². The first-order valence-corrected chi connectivity index (χ1v) is 8.67. The molecule has 134 valence electrons. The Bertz CT molecular complexity index is 768. The summed E-state index contributed by atoms with van der Waals surface area (Å²) in [6.07, 6.45) is 4.83. The second-order valence-corrected chi connectivity index (χ2v) is 6.28. The summed E-state index contributed by atoms with van der Waals surface area (Å²) in [6.45, 7) is 8.67. The van der Waals surface area contributed by atoms with Gasteiger partial charge in [-0.15, -0.1) is 0 Å². The topological polar surface area (TPSA) is 64.3 Å². The Morgan fingerprint density at radius 3 is 2.80 bits per heavy atom. The van der Waals surface area contributed by atoms with Gasteiger partial charge >= 0.3 is 5.97 Å². The van der Waals surface area contributed by atoms with Crippen molar-refractivity contribution in [2.24, 2.45) is 0 Å². The number of imidazole rings is 1. The number of rotatable bonds is 9. The number of ether oxygens (including phenoxy) is 1. The third kappa shape index (κ3) is 4.86. The molecule has 0 saturated heterocycles. The average Bonchev–Trinajstić information content (AvgIpc) is 2.94. The molecule has 1 N–H and O–H groups in total. The molecule has 1 aromatic heterocycles. The highest BCUT2D eigenvalue weighted by Crippen LogP contribution is 2.25. The first-order chi connectivity index (χ1) is 11.9.